The summed E-state index contributed by atoms with van der Waals surface area (Å²) < 4.78 is 2.83. The number of fused-ring (bicyclic) bond motifs is 3. The molecule has 2 N–H and O–H groups in total. The first kappa shape index (κ1) is 17.5. The minimum atomic E-state index is 0.00721. The van der Waals surface area contributed by atoms with Gasteiger partial charge in [0.15, 0.2) is 5.43 Å². The lowest BCUT2D eigenvalue weighted by Gasteiger charge is -2.33. The van der Waals surface area contributed by atoms with Crippen molar-refractivity contribution in [2.45, 2.75) is 18.9 Å². The van der Waals surface area contributed by atoms with E-state index >= 15 is 0 Å². The number of H-pyrrole nitrogens is 2. The van der Waals surface area contributed by atoms with Gasteiger partial charge in [0.05, 0.1) is 31.7 Å². The van der Waals surface area contributed by atoms with Crippen molar-refractivity contribution in [3.8, 4) is 0 Å². The summed E-state index contributed by atoms with van der Waals surface area (Å²) in [4.78, 5) is 33.9. The Bertz CT molecular complexity index is 1250. The van der Waals surface area contributed by atoms with Gasteiger partial charge in [-0.3, -0.25) is 9.59 Å². The molecule has 1 aliphatic heterocycles. The fourth-order valence-corrected chi connectivity index (χ4v) is 5.07. The molecule has 4 aromatic heterocycles. The van der Waals surface area contributed by atoms with E-state index in [1.165, 1.54) is 11.3 Å². The SMILES string of the molecule is O=C(c1ccc(Cl)s1)N1CCC(n2ccc(=O)c3c[nH+]c4[nH]ccc4c32)CC1. The average Bonchev–Trinajstić information content (AvgIpc) is 3.37. The number of carbonyl (C=O) groups is 1. The fourth-order valence-electron chi connectivity index (χ4n) is 4.06. The van der Waals surface area contributed by atoms with Crippen LogP contribution in [-0.2, 0) is 0 Å². The summed E-state index contributed by atoms with van der Waals surface area (Å²) in [5.41, 5.74) is 1.85. The number of thiophene rings is 1. The van der Waals surface area contributed by atoms with Gasteiger partial charge in [0, 0.05) is 31.4 Å². The van der Waals surface area contributed by atoms with Crippen LogP contribution in [-0.4, -0.2) is 33.4 Å². The third-order valence-electron chi connectivity index (χ3n) is 5.46. The highest BCUT2D eigenvalue weighted by atomic mass is 35.5. The van der Waals surface area contributed by atoms with Crippen molar-refractivity contribution in [1.29, 1.82) is 0 Å². The zero-order valence-electron chi connectivity index (χ0n) is 14.9. The van der Waals surface area contributed by atoms with Crippen LogP contribution in [0.5, 0.6) is 0 Å². The molecule has 0 saturated carbocycles. The highest BCUT2D eigenvalue weighted by Gasteiger charge is 2.26. The molecule has 1 aliphatic rings. The Hall–Kier alpha value is -2.64. The Morgan fingerprint density at radius 1 is 1.18 bits per heavy atom. The monoisotopic (exact) mass is 413 g/mol. The van der Waals surface area contributed by atoms with Crippen LogP contribution in [0.15, 0.2) is 47.7 Å². The summed E-state index contributed by atoms with van der Waals surface area (Å²) in [5, 5.41) is 1.68. The number of rotatable bonds is 2. The van der Waals surface area contributed by atoms with Gasteiger partial charge in [-0.25, -0.2) is 9.97 Å². The van der Waals surface area contributed by atoms with Gasteiger partial charge >= 0.3 is 0 Å². The largest absolute Gasteiger partial charge is 0.343 e. The normalized spacial score (nSPS) is 15.5. The van der Waals surface area contributed by atoms with Gasteiger partial charge in [0.25, 0.3) is 11.6 Å². The van der Waals surface area contributed by atoms with Crippen LogP contribution in [0.2, 0.25) is 4.34 Å². The first-order valence-electron chi connectivity index (χ1n) is 9.19. The number of piperidine rings is 1. The minimum Gasteiger partial charge on any atom is -0.343 e. The van der Waals surface area contributed by atoms with Crippen LogP contribution in [0.1, 0.15) is 28.6 Å². The van der Waals surface area contributed by atoms with E-state index in [1.54, 1.807) is 24.4 Å². The summed E-state index contributed by atoms with van der Waals surface area (Å²) in [7, 11) is 0. The quantitative estimate of drug-likeness (QED) is 0.546. The van der Waals surface area contributed by atoms with E-state index in [1.807, 2.05) is 23.4 Å². The molecule has 0 aliphatic carbocycles. The van der Waals surface area contributed by atoms with Crippen molar-refractivity contribution in [3.63, 3.8) is 0 Å². The first-order chi connectivity index (χ1) is 13.6. The second kappa shape index (κ2) is 6.76. The van der Waals surface area contributed by atoms with Gasteiger partial charge in [-0.15, -0.1) is 11.3 Å². The Balaban J connectivity index is 1.46. The number of nitrogens with one attached hydrogen (secondary N) is 2. The maximum absolute atomic E-state index is 12.7. The molecule has 5 rings (SSSR count). The van der Waals surface area contributed by atoms with Crippen LogP contribution < -0.4 is 10.4 Å². The molecule has 5 heterocycles. The van der Waals surface area contributed by atoms with Crippen LogP contribution in [0, 0.1) is 0 Å². The lowest BCUT2D eigenvalue weighted by Crippen LogP contribution is -2.39. The molecule has 0 atom stereocenters. The van der Waals surface area contributed by atoms with E-state index in [0.717, 1.165) is 29.4 Å². The number of aromatic amines is 2. The first-order valence-corrected chi connectivity index (χ1v) is 10.4. The molecular weight excluding hydrogens is 396 g/mol. The molecular formula is C20H18ClN4O2S+. The molecule has 0 radical (unpaired) electrons. The standard InChI is InChI=1S/C20H17ClN4O2S/c21-17-2-1-16(28-17)20(27)24-8-4-12(5-9-24)25-10-6-15(26)14-11-23-19-13(18(14)25)3-7-22-19/h1-3,6-7,10-12H,4-5,8-9H2,(H,22,23)/p+1. The number of hydrogen-bond donors (Lipinski definition) is 1. The van der Waals surface area contributed by atoms with E-state index in [0.29, 0.717) is 27.7 Å². The Morgan fingerprint density at radius 2 is 2.00 bits per heavy atom. The summed E-state index contributed by atoms with van der Waals surface area (Å²) >= 11 is 7.29. The zero-order valence-corrected chi connectivity index (χ0v) is 16.5. The molecule has 28 heavy (non-hydrogen) atoms. The molecule has 0 unspecified atom stereocenters. The lowest BCUT2D eigenvalue weighted by molar-refractivity contribution is -0.345. The predicted octanol–water partition coefficient (Wildman–Crippen LogP) is 3.49. The van der Waals surface area contributed by atoms with Gasteiger partial charge in [-0.2, -0.15) is 0 Å². The second-order valence-electron chi connectivity index (χ2n) is 7.03. The van der Waals surface area contributed by atoms with Gasteiger partial charge < -0.3 is 9.47 Å². The molecule has 1 amide bonds. The number of amides is 1. The molecule has 0 aromatic carbocycles. The van der Waals surface area contributed by atoms with Gasteiger partial charge in [0.2, 0.25) is 0 Å². The minimum absolute atomic E-state index is 0.00721. The third-order valence-corrected chi connectivity index (χ3v) is 6.68. The topological polar surface area (TPSA) is 72.2 Å². The lowest BCUT2D eigenvalue weighted by atomic mass is 10.0. The summed E-state index contributed by atoms with van der Waals surface area (Å²) in [6.07, 6.45) is 7.21. The van der Waals surface area contributed by atoms with Gasteiger partial charge in [0.1, 0.15) is 6.20 Å². The fraction of sp³-hybridized carbons (Fsp3) is 0.250. The smallest absolute Gasteiger partial charge is 0.286 e. The number of aromatic nitrogens is 3. The van der Waals surface area contributed by atoms with E-state index in [-0.39, 0.29) is 17.4 Å². The number of carbonyl (C=O) groups excluding carboxylic acids is 1. The molecule has 4 aromatic rings. The summed E-state index contributed by atoms with van der Waals surface area (Å²) in [5.74, 6) is 0.0442. The van der Waals surface area contributed by atoms with Crippen molar-refractivity contribution in [2.24, 2.45) is 0 Å². The zero-order chi connectivity index (χ0) is 19.3. The average molecular weight is 414 g/mol. The molecule has 1 saturated heterocycles. The van der Waals surface area contributed by atoms with E-state index < -0.39 is 0 Å². The molecule has 0 spiro atoms. The maximum Gasteiger partial charge on any atom is 0.286 e. The highest BCUT2D eigenvalue weighted by molar-refractivity contribution is 7.17. The van der Waals surface area contributed by atoms with Crippen LogP contribution in [0.25, 0.3) is 21.9 Å². The van der Waals surface area contributed by atoms with Crippen LogP contribution in [0.3, 0.4) is 0 Å². The number of pyridine rings is 2. The molecule has 1 fully saturated rings. The Kier molecular flexibility index (Phi) is 4.21. The van der Waals surface area contributed by atoms with Crippen molar-refractivity contribution in [2.75, 3.05) is 13.1 Å². The Labute approximate surface area is 169 Å². The summed E-state index contributed by atoms with van der Waals surface area (Å²) in [6.45, 7) is 1.36. The van der Waals surface area contributed by atoms with Gasteiger partial charge in [-0.05, 0) is 31.0 Å². The van der Waals surface area contributed by atoms with Crippen molar-refractivity contribution in [1.82, 2.24) is 14.5 Å². The van der Waals surface area contributed by atoms with Crippen LogP contribution >= 0.6 is 22.9 Å². The summed E-state index contributed by atoms with van der Waals surface area (Å²) in [6, 6.07) is 7.40. The van der Waals surface area contributed by atoms with E-state index in [9.17, 15) is 9.59 Å². The Morgan fingerprint density at radius 3 is 2.75 bits per heavy atom. The number of nitrogens with zero attached hydrogens (tertiary/aromatic N) is 2. The second-order valence-corrected chi connectivity index (χ2v) is 8.75. The van der Waals surface area contributed by atoms with Crippen molar-refractivity contribution in [3.05, 3.63) is 62.3 Å². The molecule has 6 nitrogen and oxygen atoms in total. The number of hydrogen-bond acceptors (Lipinski definition) is 3. The number of halogens is 1. The van der Waals surface area contributed by atoms with Crippen molar-refractivity contribution >= 4 is 50.8 Å². The van der Waals surface area contributed by atoms with E-state index in [2.05, 4.69) is 14.5 Å². The third kappa shape index (κ3) is 2.82. The molecule has 8 heteroatoms. The number of likely N-dealkylation sites (tertiary alicyclic amines) is 1. The predicted molar refractivity (Wildman–Crippen MR) is 110 cm³/mol. The van der Waals surface area contributed by atoms with Crippen molar-refractivity contribution < 1.29 is 9.78 Å². The molecule has 0 bridgehead atoms. The molecule has 142 valence electrons. The van der Waals surface area contributed by atoms with E-state index in [4.69, 9.17) is 11.6 Å². The highest BCUT2D eigenvalue weighted by Crippen LogP contribution is 2.30. The maximum atomic E-state index is 12.7. The van der Waals surface area contributed by atoms with Crippen LogP contribution in [0.4, 0.5) is 0 Å². The van der Waals surface area contributed by atoms with Gasteiger partial charge in [-0.1, -0.05) is 11.6 Å².